The summed E-state index contributed by atoms with van der Waals surface area (Å²) >= 11 is 1.71. The molecule has 0 heterocycles. The van der Waals surface area contributed by atoms with Crippen LogP contribution in [0.25, 0.3) is 0 Å². The normalized spacial score (nSPS) is 12.2. The fourth-order valence-corrected chi connectivity index (χ4v) is 2.55. The minimum atomic E-state index is -0.312. The molecule has 0 bridgehead atoms. The molecule has 0 unspecified atom stereocenters. The molecular weight excluding hydrogens is 273 g/mol. The molecule has 0 saturated carbocycles. The lowest BCUT2D eigenvalue weighted by Crippen LogP contribution is -2.08. The van der Waals surface area contributed by atoms with Crippen molar-refractivity contribution in [3.05, 3.63) is 59.9 Å². The Morgan fingerprint density at radius 2 is 1.95 bits per heavy atom. The molecule has 0 aromatic heterocycles. The van der Waals surface area contributed by atoms with E-state index in [1.807, 2.05) is 18.2 Å². The van der Waals surface area contributed by atoms with Crippen molar-refractivity contribution in [2.45, 2.75) is 17.9 Å². The Balaban J connectivity index is 1.81. The van der Waals surface area contributed by atoms with Crippen LogP contribution in [0.4, 0.5) is 4.39 Å². The van der Waals surface area contributed by atoms with Gasteiger partial charge in [-0.05, 0) is 25.1 Å². The monoisotopic (exact) mass is 291 g/mol. The van der Waals surface area contributed by atoms with Gasteiger partial charge >= 0.3 is 0 Å². The maximum atomic E-state index is 13.7. The molecule has 0 aliphatic rings. The van der Waals surface area contributed by atoms with Crippen molar-refractivity contribution in [3.8, 4) is 5.75 Å². The quantitative estimate of drug-likeness (QED) is 0.645. The van der Waals surface area contributed by atoms with Crippen LogP contribution in [0.2, 0.25) is 0 Å². The number of benzene rings is 2. The highest BCUT2D eigenvalue weighted by Crippen LogP contribution is 2.21. The highest BCUT2D eigenvalue weighted by Gasteiger charge is 2.07. The summed E-state index contributed by atoms with van der Waals surface area (Å²) in [4.78, 5) is 1.20. The van der Waals surface area contributed by atoms with Gasteiger partial charge in [0.2, 0.25) is 0 Å². The lowest BCUT2D eigenvalue weighted by molar-refractivity contribution is 0.341. The first-order valence-electron chi connectivity index (χ1n) is 6.52. The molecular formula is C16H18FNOS. The van der Waals surface area contributed by atoms with Crippen LogP contribution in [-0.4, -0.2) is 12.4 Å². The van der Waals surface area contributed by atoms with Crippen molar-refractivity contribution in [3.63, 3.8) is 0 Å². The molecule has 0 aliphatic heterocycles. The van der Waals surface area contributed by atoms with Gasteiger partial charge in [0.25, 0.3) is 0 Å². The van der Waals surface area contributed by atoms with E-state index in [1.54, 1.807) is 30.8 Å². The maximum absolute atomic E-state index is 13.7. The van der Waals surface area contributed by atoms with Gasteiger partial charge in [-0.15, -0.1) is 11.8 Å². The van der Waals surface area contributed by atoms with Crippen LogP contribution in [0.3, 0.4) is 0 Å². The summed E-state index contributed by atoms with van der Waals surface area (Å²) in [5.74, 6) is 1.05. The fourth-order valence-electron chi connectivity index (χ4n) is 1.80. The van der Waals surface area contributed by atoms with Crippen molar-refractivity contribution in [1.29, 1.82) is 0 Å². The lowest BCUT2D eigenvalue weighted by Gasteiger charge is -2.10. The Morgan fingerprint density at radius 3 is 2.60 bits per heavy atom. The number of rotatable bonds is 6. The van der Waals surface area contributed by atoms with E-state index >= 15 is 0 Å². The molecule has 0 saturated heterocycles. The third kappa shape index (κ3) is 4.25. The second kappa shape index (κ2) is 7.31. The number of hydrogen-bond donors (Lipinski definition) is 1. The predicted octanol–water partition coefficient (Wildman–Crippen LogP) is 4.02. The summed E-state index contributed by atoms with van der Waals surface area (Å²) in [5, 5.41) is 0. The van der Waals surface area contributed by atoms with Gasteiger partial charge in [0.05, 0.1) is 6.61 Å². The molecule has 0 spiro atoms. The molecule has 1 atom stereocenters. The summed E-state index contributed by atoms with van der Waals surface area (Å²) < 4.78 is 19.3. The highest BCUT2D eigenvalue weighted by molar-refractivity contribution is 7.99. The van der Waals surface area contributed by atoms with E-state index in [4.69, 9.17) is 10.5 Å². The molecule has 0 radical (unpaired) electrons. The van der Waals surface area contributed by atoms with Crippen LogP contribution in [0.5, 0.6) is 5.75 Å². The molecule has 4 heteroatoms. The average molecular weight is 291 g/mol. The third-order valence-corrected chi connectivity index (χ3v) is 3.80. The number of thioether (sulfide) groups is 1. The van der Waals surface area contributed by atoms with Crippen LogP contribution < -0.4 is 10.5 Å². The van der Waals surface area contributed by atoms with E-state index in [2.05, 4.69) is 12.1 Å². The van der Waals surface area contributed by atoms with E-state index in [1.165, 1.54) is 11.0 Å². The second-order valence-electron chi connectivity index (χ2n) is 4.48. The van der Waals surface area contributed by atoms with Crippen molar-refractivity contribution in [1.82, 2.24) is 0 Å². The molecule has 2 rings (SSSR count). The molecule has 2 aromatic carbocycles. The van der Waals surface area contributed by atoms with Gasteiger partial charge < -0.3 is 10.5 Å². The standard InChI is InChI=1S/C16H18FNOS/c1-12(18)15-8-7-13(11-16(15)17)19-9-10-20-14-5-3-2-4-6-14/h2-8,11-12H,9-10,18H2,1H3/t12-/m0/s1. The predicted molar refractivity (Wildman–Crippen MR) is 81.7 cm³/mol. The summed E-state index contributed by atoms with van der Waals surface area (Å²) in [7, 11) is 0. The molecule has 0 amide bonds. The van der Waals surface area contributed by atoms with Crippen molar-refractivity contribution in [2.75, 3.05) is 12.4 Å². The van der Waals surface area contributed by atoms with Crippen molar-refractivity contribution >= 4 is 11.8 Å². The van der Waals surface area contributed by atoms with Gasteiger partial charge in [-0.2, -0.15) is 0 Å². The minimum absolute atomic E-state index is 0.308. The van der Waals surface area contributed by atoms with Crippen molar-refractivity contribution < 1.29 is 9.13 Å². The Hall–Kier alpha value is -1.52. The van der Waals surface area contributed by atoms with Gasteiger partial charge in [-0.25, -0.2) is 4.39 Å². The van der Waals surface area contributed by atoms with Crippen LogP contribution in [0.1, 0.15) is 18.5 Å². The van der Waals surface area contributed by atoms with Gasteiger partial charge in [-0.3, -0.25) is 0 Å². The van der Waals surface area contributed by atoms with E-state index in [0.717, 1.165) is 5.75 Å². The Morgan fingerprint density at radius 1 is 1.20 bits per heavy atom. The molecule has 2 aromatic rings. The van der Waals surface area contributed by atoms with Crippen LogP contribution in [-0.2, 0) is 0 Å². The minimum Gasteiger partial charge on any atom is -0.493 e. The Kier molecular flexibility index (Phi) is 5.44. The molecule has 0 fully saturated rings. The largest absolute Gasteiger partial charge is 0.493 e. The van der Waals surface area contributed by atoms with Crippen molar-refractivity contribution in [2.24, 2.45) is 5.73 Å². The topological polar surface area (TPSA) is 35.2 Å². The van der Waals surface area contributed by atoms with Gasteiger partial charge in [0.1, 0.15) is 11.6 Å². The lowest BCUT2D eigenvalue weighted by atomic mass is 10.1. The summed E-state index contributed by atoms with van der Waals surface area (Å²) in [5.41, 5.74) is 6.18. The number of hydrogen-bond acceptors (Lipinski definition) is 3. The first kappa shape index (κ1) is 14.9. The molecule has 2 nitrogen and oxygen atoms in total. The molecule has 20 heavy (non-hydrogen) atoms. The Labute approximate surface area is 123 Å². The van der Waals surface area contributed by atoms with Crippen LogP contribution >= 0.6 is 11.8 Å². The zero-order valence-corrected chi connectivity index (χ0v) is 12.2. The smallest absolute Gasteiger partial charge is 0.131 e. The third-order valence-electron chi connectivity index (χ3n) is 2.83. The number of ether oxygens (including phenoxy) is 1. The van der Waals surface area contributed by atoms with E-state index in [-0.39, 0.29) is 11.9 Å². The van der Waals surface area contributed by atoms with Gasteiger partial charge in [-0.1, -0.05) is 24.3 Å². The zero-order chi connectivity index (χ0) is 14.4. The fraction of sp³-hybridized carbons (Fsp3) is 0.250. The maximum Gasteiger partial charge on any atom is 0.131 e. The van der Waals surface area contributed by atoms with E-state index in [0.29, 0.717) is 17.9 Å². The van der Waals surface area contributed by atoms with Crippen LogP contribution in [0, 0.1) is 5.82 Å². The van der Waals surface area contributed by atoms with Gasteiger partial charge in [0.15, 0.2) is 0 Å². The number of nitrogens with two attached hydrogens (primary N) is 1. The molecule has 2 N–H and O–H groups in total. The summed E-state index contributed by atoms with van der Waals surface area (Å²) in [6.07, 6.45) is 0. The Bertz CT molecular complexity index is 545. The van der Waals surface area contributed by atoms with Crippen LogP contribution in [0.15, 0.2) is 53.4 Å². The summed E-state index contributed by atoms with van der Waals surface area (Å²) in [6.45, 7) is 2.30. The average Bonchev–Trinajstić information content (AvgIpc) is 2.44. The SMILES string of the molecule is C[C@H](N)c1ccc(OCCSc2ccccc2)cc1F. The number of halogens is 1. The molecule has 0 aliphatic carbocycles. The first-order chi connectivity index (χ1) is 9.66. The van der Waals surface area contributed by atoms with E-state index < -0.39 is 0 Å². The first-order valence-corrected chi connectivity index (χ1v) is 7.51. The van der Waals surface area contributed by atoms with Gasteiger partial charge in [0, 0.05) is 28.3 Å². The van der Waals surface area contributed by atoms with E-state index in [9.17, 15) is 4.39 Å². The highest BCUT2D eigenvalue weighted by atomic mass is 32.2. The zero-order valence-electron chi connectivity index (χ0n) is 11.4. The molecule has 106 valence electrons. The second-order valence-corrected chi connectivity index (χ2v) is 5.65. The summed E-state index contributed by atoms with van der Waals surface area (Å²) in [6, 6.07) is 14.6.